The molecule has 0 saturated heterocycles. The Balaban J connectivity index is 1.62. The summed E-state index contributed by atoms with van der Waals surface area (Å²) in [5.41, 5.74) is 11.2. The monoisotopic (exact) mass is 788 g/mol. The summed E-state index contributed by atoms with van der Waals surface area (Å²) < 4.78 is 1.41. The first-order valence-corrected chi connectivity index (χ1v) is 34.8. The summed E-state index contributed by atoms with van der Waals surface area (Å²) in [6.07, 6.45) is 3.56. The van der Waals surface area contributed by atoms with Crippen molar-refractivity contribution in [3.63, 3.8) is 0 Å². The van der Waals surface area contributed by atoms with Crippen LogP contribution in [0.5, 0.6) is 0 Å². The van der Waals surface area contributed by atoms with E-state index >= 15 is 0 Å². The van der Waals surface area contributed by atoms with Gasteiger partial charge in [-0.25, -0.2) is 0 Å². The number of hydrogen-bond donors (Lipinski definition) is 0. The Morgan fingerprint density at radius 3 is 2.00 bits per heavy atom. The Morgan fingerprint density at radius 2 is 1.40 bits per heavy atom. The maximum atomic E-state index is 8.07. The van der Waals surface area contributed by atoms with Crippen LogP contribution in [-0.4, -0.2) is 25.7 Å². The van der Waals surface area contributed by atoms with Gasteiger partial charge >= 0.3 is 303 Å². The summed E-state index contributed by atoms with van der Waals surface area (Å²) in [6, 6.07) is 28.3. The summed E-state index contributed by atoms with van der Waals surface area (Å²) >= 11 is -4.08. The molecule has 6 rings (SSSR count). The fourth-order valence-electron chi connectivity index (χ4n) is 7.79. The molecule has 1 atom stereocenters. The molecule has 0 saturated carbocycles. The molecule has 2 aliphatic rings. The second-order valence-corrected chi connectivity index (χ2v) is 43.6. The van der Waals surface area contributed by atoms with Gasteiger partial charge in [0.05, 0.1) is 0 Å². The molecule has 246 valence electrons. The SMILES string of the molecule is CC(C)CC1=Cc2c(ccc(C(C)(C)C)c2-c2cc([Si](C)(C)C)cc([Si](C)(C)C)c2)[CH]1[Zr]([Cl])([Cl])[c]1cccc2c1[SiH2]c1ccccc1-2. The Kier molecular flexibility index (Phi) is 9.46. The van der Waals surface area contributed by atoms with Crippen molar-refractivity contribution < 1.29 is 17.9 Å². The van der Waals surface area contributed by atoms with Crippen LogP contribution in [0.3, 0.4) is 0 Å². The van der Waals surface area contributed by atoms with Crippen LogP contribution in [0.4, 0.5) is 0 Å². The molecule has 4 aromatic rings. The first kappa shape index (κ1) is 35.6. The zero-order valence-electron chi connectivity index (χ0n) is 30.3. The summed E-state index contributed by atoms with van der Waals surface area (Å²) in [7, 11) is 12.3. The van der Waals surface area contributed by atoms with E-state index in [1.54, 1.807) is 10.4 Å². The van der Waals surface area contributed by atoms with Crippen molar-refractivity contribution in [1.29, 1.82) is 0 Å². The van der Waals surface area contributed by atoms with E-state index in [0.29, 0.717) is 5.92 Å². The molecule has 0 spiro atoms. The molecule has 0 amide bonds. The minimum atomic E-state index is -4.08. The van der Waals surface area contributed by atoms with Gasteiger partial charge < -0.3 is 0 Å². The van der Waals surface area contributed by atoms with Gasteiger partial charge in [-0.3, -0.25) is 0 Å². The van der Waals surface area contributed by atoms with E-state index in [1.807, 2.05) is 0 Å². The first-order valence-electron chi connectivity index (χ1n) is 17.4. The molecule has 0 bridgehead atoms. The van der Waals surface area contributed by atoms with E-state index in [9.17, 15) is 0 Å². The van der Waals surface area contributed by atoms with E-state index in [4.69, 9.17) is 17.0 Å². The normalized spacial score (nSPS) is 16.8. The van der Waals surface area contributed by atoms with Gasteiger partial charge in [0.15, 0.2) is 0 Å². The molecule has 0 nitrogen and oxygen atoms in total. The second-order valence-electron chi connectivity index (χ2n) is 17.6. The number of benzene rings is 4. The summed E-state index contributed by atoms with van der Waals surface area (Å²) in [5, 5.41) is 6.13. The maximum absolute atomic E-state index is 8.07. The van der Waals surface area contributed by atoms with E-state index in [1.165, 1.54) is 58.2 Å². The topological polar surface area (TPSA) is 0 Å². The first-order chi connectivity index (χ1) is 21.8. The van der Waals surface area contributed by atoms with Crippen molar-refractivity contribution in [3.8, 4) is 22.3 Å². The van der Waals surface area contributed by atoms with Gasteiger partial charge in [0.2, 0.25) is 0 Å². The average Bonchev–Trinajstić information content (AvgIpc) is 3.52. The van der Waals surface area contributed by atoms with Gasteiger partial charge in [-0.15, -0.1) is 0 Å². The molecule has 0 N–H and O–H groups in total. The minimum absolute atomic E-state index is 0.0110. The third kappa shape index (κ3) is 6.66. The van der Waals surface area contributed by atoms with Gasteiger partial charge in [-0.05, 0) is 0 Å². The molecule has 1 aliphatic heterocycles. The molecule has 0 aromatic heterocycles. The molecule has 47 heavy (non-hydrogen) atoms. The Morgan fingerprint density at radius 1 is 0.787 bits per heavy atom. The molecule has 0 fully saturated rings. The van der Waals surface area contributed by atoms with Gasteiger partial charge in [-0.1, -0.05) is 0 Å². The number of hydrogen-bond acceptors (Lipinski definition) is 0. The van der Waals surface area contributed by atoms with Crippen LogP contribution in [0, 0.1) is 5.92 Å². The van der Waals surface area contributed by atoms with E-state index < -0.39 is 43.5 Å². The van der Waals surface area contributed by atoms with Gasteiger partial charge in [0, 0.05) is 0 Å². The third-order valence-electron chi connectivity index (χ3n) is 10.3. The predicted octanol–water partition coefficient (Wildman–Crippen LogP) is 9.11. The Hall–Kier alpha value is -1.27. The van der Waals surface area contributed by atoms with Crippen molar-refractivity contribution in [2.75, 3.05) is 0 Å². The van der Waals surface area contributed by atoms with Crippen molar-refractivity contribution in [3.05, 3.63) is 95.1 Å². The average molecular weight is 791 g/mol. The number of allylic oxidation sites excluding steroid dienone is 1. The van der Waals surface area contributed by atoms with Crippen LogP contribution < -0.4 is 24.0 Å². The summed E-state index contributed by atoms with van der Waals surface area (Å²) in [5.74, 6) is 0.521. The van der Waals surface area contributed by atoms with Gasteiger partial charge in [-0.2, -0.15) is 0 Å². The fraction of sp³-hybridized carbons (Fsp3) is 0.366. The van der Waals surface area contributed by atoms with Crippen LogP contribution in [0.1, 0.15) is 61.4 Å². The van der Waals surface area contributed by atoms with Crippen LogP contribution in [0.25, 0.3) is 28.3 Å². The number of rotatable bonds is 7. The fourth-order valence-corrected chi connectivity index (χ4v) is 27.1. The van der Waals surface area contributed by atoms with E-state index in [-0.39, 0.29) is 9.04 Å². The summed E-state index contributed by atoms with van der Waals surface area (Å²) in [6.45, 7) is 26.7. The molecule has 1 heterocycles. The van der Waals surface area contributed by atoms with Gasteiger partial charge in [0.1, 0.15) is 0 Å². The van der Waals surface area contributed by atoms with Gasteiger partial charge in [0.25, 0.3) is 0 Å². The molecule has 6 heteroatoms. The van der Waals surface area contributed by atoms with E-state index in [0.717, 1.165) is 6.42 Å². The third-order valence-corrected chi connectivity index (χ3v) is 28.7. The molecule has 1 unspecified atom stereocenters. The number of fused-ring (bicyclic) bond motifs is 4. The van der Waals surface area contributed by atoms with Crippen molar-refractivity contribution in [2.45, 2.75) is 89.4 Å². The van der Waals surface area contributed by atoms with Crippen molar-refractivity contribution in [1.82, 2.24) is 0 Å². The molecule has 1 aliphatic carbocycles. The number of halogens is 2. The van der Waals surface area contributed by atoms with E-state index in [2.05, 4.69) is 153 Å². The molecular weight excluding hydrogens is 739 g/mol. The van der Waals surface area contributed by atoms with Crippen LogP contribution in [0.2, 0.25) is 39.3 Å². The van der Waals surface area contributed by atoms with Crippen molar-refractivity contribution >= 4 is 72.8 Å². The van der Waals surface area contributed by atoms with Crippen LogP contribution >= 0.6 is 17.0 Å². The Labute approximate surface area is 300 Å². The second kappa shape index (κ2) is 12.5. The Bertz CT molecular complexity index is 1870. The summed E-state index contributed by atoms with van der Waals surface area (Å²) in [4.78, 5) is 0. The van der Waals surface area contributed by atoms with Crippen LogP contribution in [-0.2, 0) is 23.3 Å². The quantitative estimate of drug-likeness (QED) is 0.145. The molecule has 4 aromatic carbocycles. The predicted molar refractivity (Wildman–Crippen MR) is 218 cm³/mol. The van der Waals surface area contributed by atoms with Crippen molar-refractivity contribution in [2.24, 2.45) is 5.92 Å². The standard InChI is InChI=1S/C29H43Si2.C12H9Si.2ClH.Zr/c1-20(2)14-21-15-22-12-13-27(29(3,4)5)28(26(22)16-21)23-17-24(30(6,7)8)19-25(18-23)31(9,10)11;1-3-7-11-9(5-1)10-6-2-4-8-12(10)13-11;;;/h12-13,15-20H,14H2,1-11H3;1-7H,13H2;2*1H;/q;;;;+2/p-2. The molecule has 0 radical (unpaired) electrons. The molecular formula is C41H52Cl2Si3Zr. The zero-order chi connectivity index (χ0) is 34.3. The zero-order valence-corrected chi connectivity index (χ0v) is 37.7. The van der Waals surface area contributed by atoms with Crippen LogP contribution in [0.15, 0.2) is 78.4 Å².